The Hall–Kier alpha value is -2.11. The lowest BCUT2D eigenvalue weighted by Crippen LogP contribution is -2.17. The van der Waals surface area contributed by atoms with Crippen molar-refractivity contribution in [1.29, 1.82) is 0 Å². The molecule has 3 rings (SSSR count). The standard InChI is InChI=1S/C16H16F3NO2/c1-10-14(21)13(15(22-10)20-7-2-3-8-20)11-5-4-6-12(9-11)16(17,18)19/h4-6,9,21H,2-3,7-8H2,1H3. The molecule has 1 aliphatic heterocycles. The number of alkyl halides is 3. The molecule has 0 radical (unpaired) electrons. The van der Waals surface area contributed by atoms with Crippen molar-refractivity contribution in [3.05, 3.63) is 35.6 Å². The zero-order chi connectivity index (χ0) is 15.9. The summed E-state index contributed by atoms with van der Waals surface area (Å²) < 4.78 is 44.3. The van der Waals surface area contributed by atoms with E-state index < -0.39 is 11.7 Å². The SMILES string of the molecule is Cc1oc(N2CCCC2)c(-c2cccc(C(F)(F)F)c2)c1O. The monoisotopic (exact) mass is 311 g/mol. The zero-order valence-electron chi connectivity index (χ0n) is 12.1. The fourth-order valence-corrected chi connectivity index (χ4v) is 2.78. The Morgan fingerprint density at radius 2 is 1.86 bits per heavy atom. The Balaban J connectivity index is 2.11. The van der Waals surface area contributed by atoms with Gasteiger partial charge in [0.25, 0.3) is 0 Å². The van der Waals surface area contributed by atoms with Gasteiger partial charge in [0.2, 0.25) is 5.88 Å². The second-order valence-electron chi connectivity index (χ2n) is 5.46. The molecule has 1 aliphatic rings. The van der Waals surface area contributed by atoms with E-state index in [0.29, 0.717) is 22.8 Å². The topological polar surface area (TPSA) is 36.6 Å². The van der Waals surface area contributed by atoms with Gasteiger partial charge in [-0.3, -0.25) is 0 Å². The van der Waals surface area contributed by atoms with Gasteiger partial charge in [0, 0.05) is 13.1 Å². The van der Waals surface area contributed by atoms with E-state index in [9.17, 15) is 18.3 Å². The lowest BCUT2D eigenvalue weighted by Gasteiger charge is -2.16. The van der Waals surface area contributed by atoms with E-state index >= 15 is 0 Å². The van der Waals surface area contributed by atoms with Gasteiger partial charge in [-0.2, -0.15) is 13.2 Å². The predicted octanol–water partition coefficient (Wildman–Crippen LogP) is 4.58. The molecule has 6 heteroatoms. The van der Waals surface area contributed by atoms with Gasteiger partial charge >= 0.3 is 6.18 Å². The summed E-state index contributed by atoms with van der Waals surface area (Å²) in [6.07, 6.45) is -2.41. The van der Waals surface area contributed by atoms with Gasteiger partial charge in [0.15, 0.2) is 5.75 Å². The van der Waals surface area contributed by atoms with Crippen LogP contribution in [0.25, 0.3) is 11.1 Å². The highest BCUT2D eigenvalue weighted by Crippen LogP contribution is 2.45. The Morgan fingerprint density at radius 3 is 2.50 bits per heavy atom. The maximum atomic E-state index is 12.9. The highest BCUT2D eigenvalue weighted by molar-refractivity contribution is 5.82. The average molecular weight is 311 g/mol. The molecule has 0 amide bonds. The first-order valence-corrected chi connectivity index (χ1v) is 7.13. The molecule has 2 heterocycles. The second-order valence-corrected chi connectivity index (χ2v) is 5.46. The summed E-state index contributed by atoms with van der Waals surface area (Å²) in [5.74, 6) is 0.669. The lowest BCUT2D eigenvalue weighted by molar-refractivity contribution is -0.137. The van der Waals surface area contributed by atoms with E-state index in [-0.39, 0.29) is 5.75 Å². The fourth-order valence-electron chi connectivity index (χ4n) is 2.78. The molecule has 0 spiro atoms. The van der Waals surface area contributed by atoms with Crippen molar-refractivity contribution in [3.63, 3.8) is 0 Å². The molecule has 1 aromatic heterocycles. The van der Waals surface area contributed by atoms with E-state index in [2.05, 4.69) is 0 Å². The molecule has 1 fully saturated rings. The molecule has 1 N–H and O–H groups in total. The van der Waals surface area contributed by atoms with Crippen LogP contribution in [0.1, 0.15) is 24.2 Å². The Labute approximate surface area is 126 Å². The minimum absolute atomic E-state index is 0.0961. The van der Waals surface area contributed by atoms with Crippen molar-refractivity contribution in [3.8, 4) is 16.9 Å². The van der Waals surface area contributed by atoms with Crippen LogP contribution in [0.5, 0.6) is 5.75 Å². The van der Waals surface area contributed by atoms with Gasteiger partial charge in [-0.05, 0) is 37.5 Å². The Bertz CT molecular complexity index is 685. The third kappa shape index (κ3) is 2.53. The van der Waals surface area contributed by atoms with Crippen molar-refractivity contribution >= 4 is 5.88 Å². The van der Waals surface area contributed by atoms with Crippen LogP contribution >= 0.6 is 0 Å². The van der Waals surface area contributed by atoms with Gasteiger partial charge in [-0.1, -0.05) is 12.1 Å². The summed E-state index contributed by atoms with van der Waals surface area (Å²) in [5.41, 5.74) is -0.0906. The lowest BCUT2D eigenvalue weighted by atomic mass is 10.0. The smallest absolute Gasteiger partial charge is 0.416 e. The van der Waals surface area contributed by atoms with Crippen LogP contribution in [0, 0.1) is 6.92 Å². The number of aromatic hydroxyl groups is 1. The van der Waals surface area contributed by atoms with E-state index in [1.807, 2.05) is 4.90 Å². The molecule has 0 bridgehead atoms. The summed E-state index contributed by atoms with van der Waals surface area (Å²) in [7, 11) is 0. The molecular formula is C16H16F3NO2. The third-order valence-corrected chi connectivity index (χ3v) is 3.91. The summed E-state index contributed by atoms with van der Waals surface area (Å²) in [6, 6.07) is 4.96. The van der Waals surface area contributed by atoms with E-state index in [1.54, 1.807) is 13.0 Å². The molecule has 1 aromatic carbocycles. The number of hydrogen-bond donors (Lipinski definition) is 1. The maximum Gasteiger partial charge on any atom is 0.416 e. The first-order valence-electron chi connectivity index (χ1n) is 7.13. The van der Waals surface area contributed by atoms with Crippen LogP contribution in [0.2, 0.25) is 0 Å². The molecule has 1 saturated heterocycles. The number of rotatable bonds is 2. The summed E-state index contributed by atoms with van der Waals surface area (Å²) in [4.78, 5) is 1.96. The number of halogens is 3. The van der Waals surface area contributed by atoms with Crippen LogP contribution in [0.4, 0.5) is 19.1 Å². The minimum atomic E-state index is -4.42. The summed E-state index contributed by atoms with van der Waals surface area (Å²) >= 11 is 0. The molecule has 0 atom stereocenters. The molecular weight excluding hydrogens is 295 g/mol. The number of hydrogen-bond acceptors (Lipinski definition) is 3. The molecule has 3 nitrogen and oxygen atoms in total. The van der Waals surface area contributed by atoms with Gasteiger partial charge in [-0.15, -0.1) is 0 Å². The van der Waals surface area contributed by atoms with Crippen LogP contribution in [0.3, 0.4) is 0 Å². The maximum absolute atomic E-state index is 12.9. The molecule has 0 aliphatic carbocycles. The number of furan rings is 1. The molecule has 0 unspecified atom stereocenters. The van der Waals surface area contributed by atoms with E-state index in [1.165, 1.54) is 6.07 Å². The minimum Gasteiger partial charge on any atom is -0.504 e. The normalized spacial score (nSPS) is 15.5. The van der Waals surface area contributed by atoms with Crippen molar-refractivity contribution < 1.29 is 22.7 Å². The van der Waals surface area contributed by atoms with Crippen LogP contribution < -0.4 is 4.90 Å². The first kappa shape index (κ1) is 14.8. The van der Waals surface area contributed by atoms with Gasteiger partial charge in [0.1, 0.15) is 5.76 Å². The summed E-state index contributed by atoms with van der Waals surface area (Å²) in [6.45, 7) is 3.16. The molecule has 2 aromatic rings. The van der Waals surface area contributed by atoms with Crippen LogP contribution in [-0.2, 0) is 6.18 Å². The van der Waals surface area contributed by atoms with Gasteiger partial charge in [-0.25, -0.2) is 0 Å². The highest BCUT2D eigenvalue weighted by atomic mass is 19.4. The third-order valence-electron chi connectivity index (χ3n) is 3.91. The highest BCUT2D eigenvalue weighted by Gasteiger charge is 2.32. The fraction of sp³-hybridized carbons (Fsp3) is 0.375. The second kappa shape index (κ2) is 5.26. The van der Waals surface area contributed by atoms with Crippen molar-refractivity contribution in [2.75, 3.05) is 18.0 Å². The first-order chi connectivity index (χ1) is 10.4. The predicted molar refractivity (Wildman–Crippen MR) is 77.0 cm³/mol. The number of nitrogens with zero attached hydrogens (tertiary/aromatic N) is 1. The quantitative estimate of drug-likeness (QED) is 0.882. The molecule has 22 heavy (non-hydrogen) atoms. The van der Waals surface area contributed by atoms with Crippen LogP contribution in [0.15, 0.2) is 28.7 Å². The Kier molecular flexibility index (Phi) is 3.54. The number of anilines is 1. The van der Waals surface area contributed by atoms with E-state index in [0.717, 1.165) is 38.1 Å². The molecule has 118 valence electrons. The summed E-state index contributed by atoms with van der Waals surface area (Å²) in [5, 5.41) is 10.2. The van der Waals surface area contributed by atoms with Gasteiger partial charge < -0.3 is 14.4 Å². The largest absolute Gasteiger partial charge is 0.504 e. The number of benzene rings is 1. The van der Waals surface area contributed by atoms with Crippen LogP contribution in [-0.4, -0.2) is 18.2 Å². The van der Waals surface area contributed by atoms with Crippen molar-refractivity contribution in [2.45, 2.75) is 25.9 Å². The molecule has 0 saturated carbocycles. The van der Waals surface area contributed by atoms with E-state index in [4.69, 9.17) is 4.42 Å². The average Bonchev–Trinajstić information content (AvgIpc) is 3.08. The Morgan fingerprint density at radius 1 is 1.18 bits per heavy atom. The number of aryl methyl sites for hydroxylation is 1. The van der Waals surface area contributed by atoms with Crippen molar-refractivity contribution in [2.24, 2.45) is 0 Å². The zero-order valence-corrected chi connectivity index (χ0v) is 12.1. The van der Waals surface area contributed by atoms with Crippen molar-refractivity contribution in [1.82, 2.24) is 0 Å². The van der Waals surface area contributed by atoms with Gasteiger partial charge in [0.05, 0.1) is 11.1 Å².